The van der Waals surface area contributed by atoms with Gasteiger partial charge in [-0.1, -0.05) is 54.6 Å². The molecule has 0 radical (unpaired) electrons. The third-order valence-corrected chi connectivity index (χ3v) is 6.95. The lowest BCUT2D eigenvalue weighted by Gasteiger charge is -2.31. The molecule has 0 spiro atoms. The summed E-state index contributed by atoms with van der Waals surface area (Å²) in [6.07, 6.45) is 1.10. The molecule has 3 rings (SSSR count). The van der Waals surface area contributed by atoms with Gasteiger partial charge in [-0.15, -0.1) is 0 Å². The summed E-state index contributed by atoms with van der Waals surface area (Å²) in [6.45, 7) is 2.07. The quantitative estimate of drug-likeness (QED) is 0.684. The number of carbonyl (C=O) groups is 1. The van der Waals surface area contributed by atoms with Gasteiger partial charge in [0.25, 0.3) is 0 Å². The van der Waals surface area contributed by atoms with Crippen LogP contribution in [0, 0.1) is 0 Å². The number of amides is 2. The maximum absolute atomic E-state index is 12.8. The second kappa shape index (κ2) is 9.59. The Balaban J connectivity index is 1.88. The van der Waals surface area contributed by atoms with Gasteiger partial charge in [-0.2, -0.15) is 0 Å². The molecule has 7 nitrogen and oxygen atoms in total. The SMILES string of the molecule is CCS(=O)(=O)N[C@H]1CCN(C(=O)N(C)OC)[C@H]1Cc1cccc(-c2ccccc2)c1. The predicted molar refractivity (Wildman–Crippen MR) is 117 cm³/mol. The predicted octanol–water partition coefficient (Wildman–Crippen LogP) is 2.89. The standard InChI is InChI=1S/C22H29N3O4S/c1-4-30(27,28)23-20-13-14-25(22(26)24(2)29-3)21(20)16-17-9-8-12-19(15-17)18-10-6-5-7-11-18/h5-12,15,20-21,23H,4,13-14,16H2,1-3H3/t20-,21-/m0/s1. The van der Waals surface area contributed by atoms with Crippen molar-refractivity contribution in [2.24, 2.45) is 0 Å². The van der Waals surface area contributed by atoms with Crippen LogP contribution in [0.4, 0.5) is 4.79 Å². The Hall–Kier alpha value is -2.42. The van der Waals surface area contributed by atoms with E-state index in [0.717, 1.165) is 16.7 Å². The molecular weight excluding hydrogens is 402 g/mol. The highest BCUT2D eigenvalue weighted by molar-refractivity contribution is 7.89. The molecule has 0 aliphatic carbocycles. The summed E-state index contributed by atoms with van der Waals surface area (Å²) in [5.74, 6) is 0.00559. The molecule has 8 heteroatoms. The van der Waals surface area contributed by atoms with Crippen molar-refractivity contribution in [3.63, 3.8) is 0 Å². The topological polar surface area (TPSA) is 79.0 Å². The van der Waals surface area contributed by atoms with Gasteiger partial charge in [0.1, 0.15) is 0 Å². The van der Waals surface area contributed by atoms with Crippen LogP contribution < -0.4 is 4.72 Å². The van der Waals surface area contributed by atoms with Gasteiger partial charge in [0.2, 0.25) is 10.0 Å². The van der Waals surface area contributed by atoms with Crippen molar-refractivity contribution < 1.29 is 18.0 Å². The van der Waals surface area contributed by atoms with Crippen LogP contribution in [0.25, 0.3) is 11.1 Å². The second-order valence-corrected chi connectivity index (χ2v) is 9.45. The van der Waals surface area contributed by atoms with Gasteiger partial charge in [-0.25, -0.2) is 23.0 Å². The number of hydrogen-bond donors (Lipinski definition) is 1. The lowest BCUT2D eigenvalue weighted by Crippen LogP contribution is -2.50. The van der Waals surface area contributed by atoms with Crippen molar-refractivity contribution in [2.75, 3.05) is 26.5 Å². The summed E-state index contributed by atoms with van der Waals surface area (Å²) in [4.78, 5) is 19.6. The highest BCUT2D eigenvalue weighted by Gasteiger charge is 2.40. The minimum absolute atomic E-state index is 0.00559. The summed E-state index contributed by atoms with van der Waals surface area (Å²) in [6, 6.07) is 17.3. The highest BCUT2D eigenvalue weighted by Crippen LogP contribution is 2.26. The minimum atomic E-state index is -3.39. The Morgan fingerprint density at radius 1 is 1.17 bits per heavy atom. The first-order valence-electron chi connectivity index (χ1n) is 10.1. The monoisotopic (exact) mass is 431 g/mol. The average Bonchev–Trinajstić information content (AvgIpc) is 3.14. The Morgan fingerprint density at radius 3 is 2.53 bits per heavy atom. The van der Waals surface area contributed by atoms with Crippen molar-refractivity contribution in [3.05, 3.63) is 60.2 Å². The Morgan fingerprint density at radius 2 is 1.87 bits per heavy atom. The minimum Gasteiger partial charge on any atom is -0.318 e. The first kappa shape index (κ1) is 22.3. The van der Waals surface area contributed by atoms with Gasteiger partial charge in [-0.05, 0) is 36.5 Å². The van der Waals surface area contributed by atoms with Gasteiger partial charge in [0, 0.05) is 19.6 Å². The van der Waals surface area contributed by atoms with Crippen LogP contribution in [0.3, 0.4) is 0 Å². The van der Waals surface area contributed by atoms with Gasteiger partial charge >= 0.3 is 6.03 Å². The molecule has 1 aliphatic heterocycles. The van der Waals surface area contributed by atoms with Crippen LogP contribution in [0.1, 0.15) is 18.9 Å². The fraction of sp³-hybridized carbons (Fsp3) is 0.409. The number of urea groups is 1. The molecule has 2 amide bonds. The summed E-state index contributed by atoms with van der Waals surface area (Å²) < 4.78 is 27.2. The van der Waals surface area contributed by atoms with Crippen LogP contribution in [0.5, 0.6) is 0 Å². The number of nitrogens with zero attached hydrogens (tertiary/aromatic N) is 2. The van der Waals surface area contributed by atoms with Crippen molar-refractivity contribution in [2.45, 2.75) is 31.8 Å². The molecule has 0 aromatic heterocycles. The molecule has 1 heterocycles. The van der Waals surface area contributed by atoms with Crippen molar-refractivity contribution >= 4 is 16.1 Å². The van der Waals surface area contributed by atoms with E-state index in [-0.39, 0.29) is 23.9 Å². The van der Waals surface area contributed by atoms with Gasteiger partial charge < -0.3 is 4.90 Å². The van der Waals surface area contributed by atoms with E-state index in [0.29, 0.717) is 19.4 Å². The fourth-order valence-corrected chi connectivity index (χ4v) is 4.71. The van der Waals surface area contributed by atoms with Crippen molar-refractivity contribution in [1.82, 2.24) is 14.7 Å². The van der Waals surface area contributed by atoms with Crippen molar-refractivity contribution in [3.8, 4) is 11.1 Å². The van der Waals surface area contributed by atoms with Crippen LogP contribution in [-0.2, 0) is 21.3 Å². The number of hydroxylamine groups is 2. The van der Waals surface area contributed by atoms with E-state index in [1.54, 1.807) is 18.9 Å². The number of nitrogens with one attached hydrogen (secondary N) is 1. The van der Waals surface area contributed by atoms with Crippen molar-refractivity contribution in [1.29, 1.82) is 0 Å². The normalized spacial score (nSPS) is 19.1. The molecule has 1 N–H and O–H groups in total. The molecule has 30 heavy (non-hydrogen) atoms. The molecular formula is C22H29N3O4S. The Labute approximate surface area is 178 Å². The number of hydrogen-bond acceptors (Lipinski definition) is 4. The van der Waals surface area contributed by atoms with E-state index in [4.69, 9.17) is 4.84 Å². The summed E-state index contributed by atoms with van der Waals surface area (Å²) in [7, 11) is -0.398. The molecule has 0 bridgehead atoms. The summed E-state index contributed by atoms with van der Waals surface area (Å²) >= 11 is 0. The number of rotatable bonds is 7. The van der Waals surface area contributed by atoms with Gasteiger partial charge in [0.15, 0.2) is 0 Å². The number of benzene rings is 2. The zero-order chi connectivity index (χ0) is 21.7. The second-order valence-electron chi connectivity index (χ2n) is 7.41. The molecule has 1 fully saturated rings. The Bertz CT molecular complexity index is 965. The van der Waals surface area contributed by atoms with E-state index in [2.05, 4.69) is 22.9 Å². The molecule has 2 atom stereocenters. The zero-order valence-electron chi connectivity index (χ0n) is 17.6. The highest BCUT2D eigenvalue weighted by atomic mass is 32.2. The summed E-state index contributed by atoms with van der Waals surface area (Å²) in [5.41, 5.74) is 3.24. The maximum atomic E-state index is 12.8. The lowest BCUT2D eigenvalue weighted by molar-refractivity contribution is -0.0770. The molecule has 1 saturated heterocycles. The van der Waals surface area contributed by atoms with E-state index in [1.165, 1.54) is 12.2 Å². The van der Waals surface area contributed by atoms with Gasteiger partial charge in [-0.3, -0.25) is 4.84 Å². The van der Waals surface area contributed by atoms with Crippen LogP contribution >= 0.6 is 0 Å². The Kier molecular flexibility index (Phi) is 7.12. The van der Waals surface area contributed by atoms with Crippen LogP contribution in [0.2, 0.25) is 0 Å². The van der Waals surface area contributed by atoms with Crippen LogP contribution in [0.15, 0.2) is 54.6 Å². The first-order valence-corrected chi connectivity index (χ1v) is 11.7. The number of sulfonamides is 1. The molecule has 1 aliphatic rings. The van der Waals surface area contributed by atoms with E-state index >= 15 is 0 Å². The van der Waals surface area contributed by atoms with Crippen LogP contribution in [-0.4, -0.2) is 63.0 Å². The smallest absolute Gasteiger partial charge is 0.318 e. The molecule has 2 aromatic rings. The molecule has 2 aromatic carbocycles. The van der Waals surface area contributed by atoms with E-state index in [1.807, 2.05) is 36.4 Å². The zero-order valence-corrected chi connectivity index (χ0v) is 18.4. The fourth-order valence-electron chi connectivity index (χ4n) is 3.80. The average molecular weight is 432 g/mol. The maximum Gasteiger partial charge on any atom is 0.343 e. The number of carbonyl (C=O) groups excluding carboxylic acids is 1. The number of likely N-dealkylation sites (tertiary alicyclic amines) is 1. The molecule has 162 valence electrons. The van der Waals surface area contributed by atoms with E-state index < -0.39 is 10.0 Å². The lowest BCUT2D eigenvalue weighted by atomic mass is 9.97. The molecule has 0 saturated carbocycles. The van der Waals surface area contributed by atoms with E-state index in [9.17, 15) is 13.2 Å². The third kappa shape index (κ3) is 5.19. The third-order valence-electron chi connectivity index (χ3n) is 5.52. The summed E-state index contributed by atoms with van der Waals surface area (Å²) in [5, 5.41) is 1.17. The van der Waals surface area contributed by atoms with Gasteiger partial charge in [0.05, 0.1) is 18.9 Å². The largest absolute Gasteiger partial charge is 0.343 e. The first-order chi connectivity index (χ1) is 14.3. The molecule has 0 unspecified atom stereocenters.